The summed E-state index contributed by atoms with van der Waals surface area (Å²) >= 11 is 1.24. The Morgan fingerprint density at radius 3 is 2.50 bits per heavy atom. The predicted octanol–water partition coefficient (Wildman–Crippen LogP) is 1.50. The first kappa shape index (κ1) is 19.0. The lowest BCUT2D eigenvalue weighted by Gasteiger charge is -2.21. The molecule has 3 heterocycles. The molecule has 1 saturated heterocycles. The van der Waals surface area contributed by atoms with Crippen molar-refractivity contribution in [2.24, 2.45) is 7.05 Å². The number of aryl methyl sites for hydroxylation is 2. The summed E-state index contributed by atoms with van der Waals surface area (Å²) in [6.07, 6.45) is -4.17. The average Bonchev–Trinajstić information content (AvgIpc) is 3.05. The van der Waals surface area contributed by atoms with Gasteiger partial charge in [0.1, 0.15) is 5.82 Å². The number of halogens is 3. The molecule has 0 atom stereocenters. The van der Waals surface area contributed by atoms with Crippen LogP contribution in [0.4, 0.5) is 18.3 Å². The van der Waals surface area contributed by atoms with Gasteiger partial charge in [-0.05, 0) is 13.3 Å². The lowest BCUT2D eigenvalue weighted by atomic mass is 10.4. The lowest BCUT2D eigenvalue weighted by molar-refractivity contribution is -0.141. The minimum absolute atomic E-state index is 0.146. The van der Waals surface area contributed by atoms with Gasteiger partial charge in [0.25, 0.3) is 10.0 Å². The van der Waals surface area contributed by atoms with Gasteiger partial charge in [-0.25, -0.2) is 13.4 Å². The molecule has 0 aromatic carbocycles. The molecular weight excluding hydrogens is 393 g/mol. The van der Waals surface area contributed by atoms with Crippen LogP contribution in [0.5, 0.6) is 0 Å². The fourth-order valence-electron chi connectivity index (χ4n) is 2.70. The summed E-state index contributed by atoms with van der Waals surface area (Å²) in [6.45, 7) is 3.11. The van der Waals surface area contributed by atoms with Crippen molar-refractivity contribution in [1.29, 1.82) is 0 Å². The fraction of sp³-hybridized carbons (Fsp3) is 0.615. The van der Waals surface area contributed by atoms with Crippen LogP contribution in [0, 0.1) is 6.92 Å². The zero-order chi connectivity index (χ0) is 19.1. The van der Waals surface area contributed by atoms with Crippen LogP contribution in [0.3, 0.4) is 0 Å². The fourth-order valence-corrected chi connectivity index (χ4v) is 5.02. The van der Waals surface area contributed by atoms with Gasteiger partial charge in [-0.2, -0.15) is 26.9 Å². The van der Waals surface area contributed by atoms with E-state index < -0.39 is 26.9 Å². The van der Waals surface area contributed by atoms with E-state index in [2.05, 4.69) is 14.5 Å². The molecule has 1 aliphatic rings. The number of sulfonamides is 1. The van der Waals surface area contributed by atoms with Crippen LogP contribution in [0.25, 0.3) is 0 Å². The van der Waals surface area contributed by atoms with E-state index in [1.165, 1.54) is 22.9 Å². The Labute approximate surface area is 152 Å². The van der Waals surface area contributed by atoms with Gasteiger partial charge in [0.15, 0.2) is 10.7 Å². The molecule has 2 aromatic rings. The molecule has 8 nitrogen and oxygen atoms in total. The lowest BCUT2D eigenvalue weighted by Crippen LogP contribution is -2.36. The zero-order valence-electron chi connectivity index (χ0n) is 14.1. The monoisotopic (exact) mass is 410 g/mol. The molecule has 3 rings (SSSR count). The predicted molar refractivity (Wildman–Crippen MR) is 88.4 cm³/mol. The maximum atomic E-state index is 12.8. The molecule has 0 aliphatic carbocycles. The molecule has 26 heavy (non-hydrogen) atoms. The Bertz CT molecular complexity index is 892. The van der Waals surface area contributed by atoms with E-state index in [0.29, 0.717) is 36.5 Å². The van der Waals surface area contributed by atoms with Crippen LogP contribution in [-0.4, -0.2) is 58.0 Å². The normalized spacial score (nSPS) is 17.5. The first-order valence-corrected chi connectivity index (χ1v) is 9.97. The largest absolute Gasteiger partial charge is 0.435 e. The van der Waals surface area contributed by atoms with Crippen LogP contribution < -0.4 is 4.90 Å². The van der Waals surface area contributed by atoms with E-state index in [4.69, 9.17) is 0 Å². The third kappa shape index (κ3) is 3.69. The van der Waals surface area contributed by atoms with E-state index in [1.807, 2.05) is 4.90 Å². The molecule has 0 saturated carbocycles. The number of alkyl halides is 3. The molecule has 13 heteroatoms. The van der Waals surface area contributed by atoms with Gasteiger partial charge < -0.3 is 4.90 Å². The second kappa shape index (κ2) is 6.78. The molecule has 0 bridgehead atoms. The summed E-state index contributed by atoms with van der Waals surface area (Å²) in [5, 5.41) is 3.53. The Balaban J connectivity index is 1.81. The van der Waals surface area contributed by atoms with Gasteiger partial charge in [-0.3, -0.25) is 4.68 Å². The third-order valence-corrected chi connectivity index (χ3v) is 6.80. The number of rotatable bonds is 3. The van der Waals surface area contributed by atoms with Crippen molar-refractivity contribution in [1.82, 2.24) is 23.4 Å². The van der Waals surface area contributed by atoms with Crippen molar-refractivity contribution in [3.8, 4) is 0 Å². The highest BCUT2D eigenvalue weighted by Gasteiger charge is 2.38. The highest BCUT2D eigenvalue weighted by molar-refractivity contribution is 7.89. The van der Waals surface area contributed by atoms with E-state index in [9.17, 15) is 21.6 Å². The van der Waals surface area contributed by atoms with Gasteiger partial charge in [-0.15, -0.1) is 0 Å². The van der Waals surface area contributed by atoms with Crippen molar-refractivity contribution in [3.63, 3.8) is 0 Å². The van der Waals surface area contributed by atoms with Crippen molar-refractivity contribution < 1.29 is 21.6 Å². The van der Waals surface area contributed by atoms with Crippen molar-refractivity contribution >= 4 is 26.7 Å². The summed E-state index contributed by atoms with van der Waals surface area (Å²) < 4.78 is 70.1. The molecule has 0 N–H and O–H groups in total. The van der Waals surface area contributed by atoms with E-state index in [-0.39, 0.29) is 13.1 Å². The van der Waals surface area contributed by atoms with Gasteiger partial charge in [0.05, 0.1) is 0 Å². The highest BCUT2D eigenvalue weighted by atomic mass is 32.2. The molecule has 0 radical (unpaired) electrons. The average molecular weight is 410 g/mol. The number of hydrogen-bond acceptors (Lipinski definition) is 7. The van der Waals surface area contributed by atoms with Crippen LogP contribution in [0.2, 0.25) is 0 Å². The summed E-state index contributed by atoms with van der Waals surface area (Å²) in [4.78, 5) is 6.23. The highest BCUT2D eigenvalue weighted by Crippen LogP contribution is 2.30. The molecule has 0 unspecified atom stereocenters. The summed E-state index contributed by atoms with van der Waals surface area (Å²) in [7, 11) is -2.89. The van der Waals surface area contributed by atoms with Crippen LogP contribution in [0.15, 0.2) is 11.1 Å². The second-order valence-electron chi connectivity index (χ2n) is 5.86. The molecule has 0 amide bonds. The van der Waals surface area contributed by atoms with Crippen LogP contribution in [-0.2, 0) is 23.2 Å². The molecule has 2 aromatic heterocycles. The third-order valence-electron chi connectivity index (χ3n) is 3.97. The van der Waals surface area contributed by atoms with E-state index in [1.54, 1.807) is 6.92 Å². The molecule has 1 aliphatic heterocycles. The zero-order valence-corrected chi connectivity index (χ0v) is 15.7. The SMILES string of the molecule is Cc1nsc(N2CCCN(S(=O)(=O)c3cc(C(F)(F)F)nn3C)CC2)n1. The molecular formula is C13H17F3N6O2S2. The van der Waals surface area contributed by atoms with Gasteiger partial charge in [-0.1, -0.05) is 0 Å². The smallest absolute Gasteiger partial charge is 0.345 e. The molecule has 1 fully saturated rings. The van der Waals surface area contributed by atoms with E-state index in [0.717, 1.165) is 4.68 Å². The minimum Gasteiger partial charge on any atom is -0.345 e. The van der Waals surface area contributed by atoms with Gasteiger partial charge in [0, 0.05) is 50.8 Å². The Morgan fingerprint density at radius 2 is 1.92 bits per heavy atom. The minimum atomic E-state index is -4.70. The standard InChI is InChI=1S/C13H17F3N6O2S2/c1-9-17-12(25-19-9)21-4-3-5-22(7-6-21)26(23,24)11-8-10(13(14,15)16)18-20(11)2/h8H,3-7H2,1-2H3. The molecule has 0 spiro atoms. The topological polar surface area (TPSA) is 84.2 Å². The first-order valence-electron chi connectivity index (χ1n) is 7.75. The summed E-state index contributed by atoms with van der Waals surface area (Å²) in [5.74, 6) is 0.647. The molecule has 144 valence electrons. The maximum absolute atomic E-state index is 12.8. The van der Waals surface area contributed by atoms with Crippen molar-refractivity contribution in [2.45, 2.75) is 24.5 Å². The van der Waals surface area contributed by atoms with Crippen molar-refractivity contribution in [2.75, 3.05) is 31.1 Å². The Kier molecular flexibility index (Phi) is 4.96. The first-order chi connectivity index (χ1) is 12.1. The van der Waals surface area contributed by atoms with Crippen molar-refractivity contribution in [3.05, 3.63) is 17.6 Å². The van der Waals surface area contributed by atoms with Crippen LogP contribution in [0.1, 0.15) is 17.9 Å². The number of hydrogen-bond donors (Lipinski definition) is 0. The van der Waals surface area contributed by atoms with E-state index >= 15 is 0 Å². The quantitative estimate of drug-likeness (QED) is 0.763. The number of anilines is 1. The Hall–Kier alpha value is -1.73. The Morgan fingerprint density at radius 1 is 1.19 bits per heavy atom. The number of aromatic nitrogens is 4. The van der Waals surface area contributed by atoms with Crippen LogP contribution >= 0.6 is 11.5 Å². The van der Waals surface area contributed by atoms with Gasteiger partial charge >= 0.3 is 6.18 Å². The number of nitrogens with zero attached hydrogens (tertiary/aromatic N) is 6. The summed E-state index contributed by atoms with van der Waals surface area (Å²) in [6, 6.07) is 0.575. The maximum Gasteiger partial charge on any atom is 0.435 e. The summed E-state index contributed by atoms with van der Waals surface area (Å²) in [5.41, 5.74) is -1.22. The second-order valence-corrected chi connectivity index (χ2v) is 8.47. The van der Waals surface area contributed by atoms with Gasteiger partial charge in [0.2, 0.25) is 5.13 Å².